The van der Waals surface area contributed by atoms with Crippen LogP contribution in [-0.4, -0.2) is 28.2 Å². The summed E-state index contributed by atoms with van der Waals surface area (Å²) in [7, 11) is 0. The first kappa shape index (κ1) is 13.7. The van der Waals surface area contributed by atoms with Gasteiger partial charge in [-0.1, -0.05) is 54.6 Å². The zero-order valence-electron chi connectivity index (χ0n) is 10.6. The molecule has 0 unspecified atom stereocenters. The van der Waals surface area contributed by atoms with Crippen molar-refractivity contribution in [1.82, 2.24) is 0 Å². The van der Waals surface area contributed by atoms with E-state index >= 15 is 0 Å². The van der Waals surface area contributed by atoms with Gasteiger partial charge in [-0.2, -0.15) is 0 Å². The first-order valence-electron chi connectivity index (χ1n) is 6.32. The minimum Gasteiger partial charge on any atom is -0.396 e. The van der Waals surface area contributed by atoms with Crippen molar-refractivity contribution in [1.29, 1.82) is 0 Å². The zero-order valence-corrected chi connectivity index (χ0v) is 10.6. The molecule has 0 spiro atoms. The van der Waals surface area contributed by atoms with Crippen LogP contribution in [-0.2, 0) is 6.42 Å². The number of hydrogen-bond acceptors (Lipinski definition) is 3. The molecule has 0 aliphatic heterocycles. The first-order chi connectivity index (χ1) is 9.20. The van der Waals surface area contributed by atoms with E-state index in [9.17, 15) is 0 Å². The van der Waals surface area contributed by atoms with E-state index in [-0.39, 0.29) is 6.61 Å². The molecule has 0 aromatic heterocycles. The monoisotopic (exact) mass is 258 g/mol. The normalized spacial score (nSPS) is 12.6. The van der Waals surface area contributed by atoms with Gasteiger partial charge in [-0.15, -0.1) is 0 Å². The summed E-state index contributed by atoms with van der Waals surface area (Å²) in [5.41, 5.74) is 3.25. The molecular weight excluding hydrogens is 240 g/mol. The Kier molecular flexibility index (Phi) is 4.68. The van der Waals surface area contributed by atoms with Crippen LogP contribution in [0.25, 0.3) is 11.1 Å². The molecule has 0 radical (unpaired) electrons. The van der Waals surface area contributed by atoms with Gasteiger partial charge in [0.15, 0.2) is 6.29 Å². The molecule has 100 valence electrons. The molecule has 2 aromatic carbocycles. The van der Waals surface area contributed by atoms with Gasteiger partial charge in [0, 0.05) is 5.92 Å². The highest BCUT2D eigenvalue weighted by atomic mass is 16.5. The summed E-state index contributed by atoms with van der Waals surface area (Å²) < 4.78 is 0. The molecule has 0 fully saturated rings. The van der Waals surface area contributed by atoms with Crippen molar-refractivity contribution in [2.24, 2.45) is 5.92 Å². The van der Waals surface area contributed by atoms with Crippen molar-refractivity contribution in [3.05, 3.63) is 60.2 Å². The molecule has 2 aromatic rings. The van der Waals surface area contributed by atoms with Gasteiger partial charge in [-0.3, -0.25) is 0 Å². The highest BCUT2D eigenvalue weighted by Crippen LogP contribution is 2.20. The Bertz CT molecular complexity index is 491. The van der Waals surface area contributed by atoms with Crippen LogP contribution < -0.4 is 0 Å². The predicted molar refractivity (Wildman–Crippen MR) is 74.4 cm³/mol. The van der Waals surface area contributed by atoms with Crippen molar-refractivity contribution < 1.29 is 15.3 Å². The quantitative estimate of drug-likeness (QED) is 0.717. The van der Waals surface area contributed by atoms with Crippen LogP contribution in [0.1, 0.15) is 5.56 Å². The largest absolute Gasteiger partial charge is 0.396 e. The summed E-state index contributed by atoms with van der Waals surface area (Å²) in [5.74, 6) is -0.539. The van der Waals surface area contributed by atoms with Crippen molar-refractivity contribution in [2.45, 2.75) is 12.7 Å². The van der Waals surface area contributed by atoms with E-state index in [1.54, 1.807) is 0 Å². The minimum absolute atomic E-state index is 0.238. The molecule has 3 nitrogen and oxygen atoms in total. The summed E-state index contributed by atoms with van der Waals surface area (Å²) in [5, 5.41) is 27.3. The second-order valence-corrected chi connectivity index (χ2v) is 4.62. The molecule has 0 saturated heterocycles. The predicted octanol–water partition coefficient (Wildman–Crippen LogP) is 1.82. The Labute approximate surface area is 112 Å². The van der Waals surface area contributed by atoms with Crippen LogP contribution in [0, 0.1) is 5.92 Å². The van der Waals surface area contributed by atoms with Gasteiger partial charge >= 0.3 is 0 Å². The fraction of sp³-hybridized carbons (Fsp3) is 0.250. The number of aliphatic hydroxyl groups excluding tert-OH is 2. The van der Waals surface area contributed by atoms with Crippen LogP contribution in [0.5, 0.6) is 0 Å². The van der Waals surface area contributed by atoms with Crippen molar-refractivity contribution in [2.75, 3.05) is 6.61 Å². The second-order valence-electron chi connectivity index (χ2n) is 4.62. The van der Waals surface area contributed by atoms with Crippen molar-refractivity contribution >= 4 is 0 Å². The smallest absolute Gasteiger partial charge is 0.156 e. The number of hydrogen-bond donors (Lipinski definition) is 3. The maximum absolute atomic E-state index is 9.10. The van der Waals surface area contributed by atoms with Gasteiger partial charge < -0.3 is 15.3 Å². The third kappa shape index (κ3) is 3.64. The maximum Gasteiger partial charge on any atom is 0.156 e. The maximum atomic E-state index is 9.10. The SMILES string of the molecule is OC[C@H](Cc1ccc(-c2ccccc2)cc1)C(O)O. The van der Waals surface area contributed by atoms with E-state index in [4.69, 9.17) is 15.3 Å². The van der Waals surface area contributed by atoms with Crippen molar-refractivity contribution in [3.63, 3.8) is 0 Å². The summed E-state index contributed by atoms with van der Waals surface area (Å²) in [6, 6.07) is 18.0. The second kappa shape index (κ2) is 6.48. The van der Waals surface area contributed by atoms with Crippen LogP contribution in [0.3, 0.4) is 0 Å². The minimum atomic E-state index is -1.49. The molecule has 0 amide bonds. The lowest BCUT2D eigenvalue weighted by molar-refractivity contribution is -0.0959. The van der Waals surface area contributed by atoms with Gasteiger partial charge in [0.1, 0.15) is 0 Å². The third-order valence-electron chi connectivity index (χ3n) is 3.22. The Morgan fingerprint density at radius 3 is 1.89 bits per heavy atom. The highest BCUT2D eigenvalue weighted by molar-refractivity contribution is 5.63. The fourth-order valence-corrected chi connectivity index (χ4v) is 2.03. The molecular formula is C16H18O3. The third-order valence-corrected chi connectivity index (χ3v) is 3.22. The van der Waals surface area contributed by atoms with Crippen LogP contribution >= 0.6 is 0 Å². The molecule has 3 N–H and O–H groups in total. The first-order valence-corrected chi connectivity index (χ1v) is 6.32. The molecule has 1 atom stereocenters. The van der Waals surface area contributed by atoms with E-state index < -0.39 is 12.2 Å². The molecule has 19 heavy (non-hydrogen) atoms. The van der Waals surface area contributed by atoms with Crippen LogP contribution in [0.4, 0.5) is 0 Å². The van der Waals surface area contributed by atoms with E-state index in [1.165, 1.54) is 0 Å². The lowest BCUT2D eigenvalue weighted by Gasteiger charge is -2.16. The van der Waals surface area contributed by atoms with Gasteiger partial charge in [-0.05, 0) is 23.1 Å². The number of aliphatic hydroxyl groups is 3. The summed E-state index contributed by atoms with van der Waals surface area (Å²) in [6.07, 6.45) is -1.04. The van der Waals surface area contributed by atoms with Crippen molar-refractivity contribution in [3.8, 4) is 11.1 Å². The van der Waals surface area contributed by atoms with E-state index in [0.29, 0.717) is 6.42 Å². The Morgan fingerprint density at radius 1 is 0.789 bits per heavy atom. The Morgan fingerprint density at radius 2 is 1.37 bits per heavy atom. The number of rotatable bonds is 5. The van der Waals surface area contributed by atoms with Crippen LogP contribution in [0.2, 0.25) is 0 Å². The summed E-state index contributed by atoms with van der Waals surface area (Å²) in [6.45, 7) is -0.238. The van der Waals surface area contributed by atoms with Gasteiger partial charge in [0.25, 0.3) is 0 Å². The molecule has 0 aliphatic carbocycles. The van der Waals surface area contributed by atoms with Gasteiger partial charge in [0.05, 0.1) is 6.61 Å². The van der Waals surface area contributed by atoms with Crippen LogP contribution in [0.15, 0.2) is 54.6 Å². The fourth-order valence-electron chi connectivity index (χ4n) is 2.03. The van der Waals surface area contributed by atoms with E-state index in [2.05, 4.69) is 0 Å². The molecule has 0 saturated carbocycles. The summed E-state index contributed by atoms with van der Waals surface area (Å²) >= 11 is 0. The van der Waals surface area contributed by atoms with Gasteiger partial charge in [0.2, 0.25) is 0 Å². The van der Waals surface area contributed by atoms with E-state index in [1.807, 2.05) is 54.6 Å². The molecule has 0 bridgehead atoms. The molecule has 0 aliphatic rings. The van der Waals surface area contributed by atoms with Gasteiger partial charge in [-0.25, -0.2) is 0 Å². The molecule has 2 rings (SSSR count). The molecule has 3 heteroatoms. The zero-order chi connectivity index (χ0) is 13.7. The highest BCUT2D eigenvalue weighted by Gasteiger charge is 2.15. The lowest BCUT2D eigenvalue weighted by atomic mass is 9.97. The topological polar surface area (TPSA) is 60.7 Å². The lowest BCUT2D eigenvalue weighted by Crippen LogP contribution is -2.25. The molecule has 0 heterocycles. The number of benzene rings is 2. The summed E-state index contributed by atoms with van der Waals surface area (Å²) in [4.78, 5) is 0. The average molecular weight is 258 g/mol. The Balaban J connectivity index is 2.11. The Hall–Kier alpha value is -1.68. The standard InChI is InChI=1S/C16H18O3/c17-11-15(16(18)19)10-12-6-8-14(9-7-12)13-4-2-1-3-5-13/h1-9,15-19H,10-11H2/t15-/m0/s1. The van der Waals surface area contributed by atoms with E-state index in [0.717, 1.165) is 16.7 Å². The average Bonchev–Trinajstić information content (AvgIpc) is 2.46.